The first-order valence-electron chi connectivity index (χ1n) is 12.0. The topological polar surface area (TPSA) is 128 Å². The monoisotopic (exact) mass is 503 g/mol. The number of carbonyl (C=O) groups is 1. The van der Waals surface area contributed by atoms with Gasteiger partial charge in [0.05, 0.1) is 18.5 Å². The third-order valence-corrected chi connectivity index (χ3v) is 6.00. The molecule has 0 spiro atoms. The Bertz CT molecular complexity index is 1070. The lowest BCUT2D eigenvalue weighted by Gasteiger charge is -2.31. The summed E-state index contributed by atoms with van der Waals surface area (Å²) in [7, 11) is 0. The molecule has 1 aliphatic rings. The standard InChI is InChI=1S/C24H33N7O3.ClH/c1-17-26-21-16-25-24(28-23(21)27-17)31(29-18-8-4-2-5-9-18)19-11-13-20(14-12-19)34-15-7-3-6-10-22(32)30-33;/h11-14,16,18,29,33H,2-10,15H2,1H3,(H,30,32)(H,25,26,27,28);1H. The van der Waals surface area contributed by atoms with E-state index in [0.29, 0.717) is 30.7 Å². The average molecular weight is 504 g/mol. The maximum absolute atomic E-state index is 11.0. The highest BCUT2D eigenvalue weighted by molar-refractivity contribution is 5.85. The smallest absolute Gasteiger partial charge is 0.247 e. The second-order valence-electron chi connectivity index (χ2n) is 8.72. The molecule has 1 fully saturated rings. The summed E-state index contributed by atoms with van der Waals surface area (Å²) in [5.41, 5.74) is 7.69. The van der Waals surface area contributed by atoms with E-state index in [9.17, 15) is 4.79 Å². The third-order valence-electron chi connectivity index (χ3n) is 6.00. The van der Waals surface area contributed by atoms with Gasteiger partial charge in [0, 0.05) is 12.5 Å². The first-order valence-corrected chi connectivity index (χ1v) is 12.0. The van der Waals surface area contributed by atoms with Crippen LogP contribution in [-0.2, 0) is 4.79 Å². The number of fused-ring (bicyclic) bond motifs is 1. The van der Waals surface area contributed by atoms with Gasteiger partial charge >= 0.3 is 0 Å². The van der Waals surface area contributed by atoms with Crippen molar-refractivity contribution in [2.45, 2.75) is 70.8 Å². The van der Waals surface area contributed by atoms with Crippen molar-refractivity contribution >= 4 is 41.1 Å². The summed E-state index contributed by atoms with van der Waals surface area (Å²) in [6.07, 6.45) is 10.5. The fraction of sp³-hybridized carbons (Fsp3) is 0.500. The van der Waals surface area contributed by atoms with Crippen molar-refractivity contribution in [1.82, 2.24) is 30.8 Å². The van der Waals surface area contributed by atoms with Crippen LogP contribution in [0.5, 0.6) is 5.75 Å². The van der Waals surface area contributed by atoms with E-state index in [-0.39, 0.29) is 18.3 Å². The number of imidazole rings is 1. The van der Waals surface area contributed by atoms with E-state index in [1.807, 2.05) is 36.2 Å². The summed E-state index contributed by atoms with van der Waals surface area (Å²) in [6, 6.07) is 8.26. The average Bonchev–Trinajstić information content (AvgIpc) is 3.24. The lowest BCUT2D eigenvalue weighted by molar-refractivity contribution is -0.129. The molecule has 0 saturated heterocycles. The quantitative estimate of drug-likeness (QED) is 0.171. The molecule has 190 valence electrons. The fourth-order valence-corrected chi connectivity index (χ4v) is 4.19. The van der Waals surface area contributed by atoms with Crippen LogP contribution in [0.3, 0.4) is 0 Å². The van der Waals surface area contributed by atoms with Crippen molar-refractivity contribution < 1.29 is 14.7 Å². The largest absolute Gasteiger partial charge is 0.494 e. The number of aromatic nitrogens is 4. The predicted molar refractivity (Wildman–Crippen MR) is 136 cm³/mol. The Morgan fingerprint density at radius 1 is 1.14 bits per heavy atom. The molecule has 0 unspecified atom stereocenters. The minimum absolute atomic E-state index is 0. The van der Waals surface area contributed by atoms with Gasteiger partial charge in [-0.15, -0.1) is 12.4 Å². The highest BCUT2D eigenvalue weighted by Crippen LogP contribution is 2.27. The minimum Gasteiger partial charge on any atom is -0.494 e. The summed E-state index contributed by atoms with van der Waals surface area (Å²) in [5.74, 6) is 1.80. The van der Waals surface area contributed by atoms with Gasteiger partial charge in [0.1, 0.15) is 17.1 Å². The highest BCUT2D eigenvalue weighted by atomic mass is 35.5. The fourth-order valence-electron chi connectivity index (χ4n) is 4.19. The molecule has 0 atom stereocenters. The number of rotatable bonds is 11. The SMILES string of the molecule is Cc1nc2nc(N(NC3CCCCC3)c3ccc(OCCCCCC(=O)NO)cc3)ncc2[nH]1.Cl. The van der Waals surface area contributed by atoms with Crippen molar-refractivity contribution in [3.05, 3.63) is 36.3 Å². The van der Waals surface area contributed by atoms with Crippen molar-refractivity contribution in [3.63, 3.8) is 0 Å². The Hall–Kier alpha value is -2.95. The van der Waals surface area contributed by atoms with Gasteiger partial charge in [-0.2, -0.15) is 4.98 Å². The number of hydroxylamine groups is 1. The van der Waals surface area contributed by atoms with Crippen LogP contribution in [0.15, 0.2) is 30.5 Å². The predicted octanol–water partition coefficient (Wildman–Crippen LogP) is 4.50. The van der Waals surface area contributed by atoms with E-state index in [1.54, 1.807) is 11.7 Å². The number of benzene rings is 1. The lowest BCUT2D eigenvalue weighted by atomic mass is 9.96. The van der Waals surface area contributed by atoms with Crippen LogP contribution in [0.4, 0.5) is 11.6 Å². The van der Waals surface area contributed by atoms with Crippen LogP contribution in [0.25, 0.3) is 11.2 Å². The minimum atomic E-state index is -0.353. The van der Waals surface area contributed by atoms with Crippen molar-refractivity contribution in [3.8, 4) is 5.75 Å². The molecule has 1 amide bonds. The number of H-pyrrole nitrogens is 1. The van der Waals surface area contributed by atoms with E-state index in [2.05, 4.69) is 20.4 Å². The molecule has 35 heavy (non-hydrogen) atoms. The Balaban J connectivity index is 0.00000342. The van der Waals surface area contributed by atoms with E-state index < -0.39 is 0 Å². The van der Waals surface area contributed by atoms with E-state index in [4.69, 9.17) is 14.9 Å². The highest BCUT2D eigenvalue weighted by Gasteiger charge is 2.21. The molecule has 1 aliphatic carbocycles. The third kappa shape index (κ3) is 7.51. The Morgan fingerprint density at radius 2 is 1.91 bits per heavy atom. The maximum Gasteiger partial charge on any atom is 0.247 e. The Kier molecular flexibility index (Phi) is 10.1. The first-order chi connectivity index (χ1) is 16.6. The number of amides is 1. The van der Waals surface area contributed by atoms with Crippen LogP contribution < -0.4 is 20.7 Å². The summed E-state index contributed by atoms with van der Waals surface area (Å²) in [4.78, 5) is 27.9. The molecule has 2 aromatic heterocycles. The summed E-state index contributed by atoms with van der Waals surface area (Å²) in [5, 5.41) is 10.5. The zero-order valence-corrected chi connectivity index (χ0v) is 20.8. The molecule has 0 bridgehead atoms. The second kappa shape index (κ2) is 13.2. The van der Waals surface area contributed by atoms with Gasteiger partial charge in [-0.05, 0) is 63.3 Å². The van der Waals surface area contributed by atoms with Crippen LogP contribution in [-0.4, -0.2) is 43.7 Å². The summed E-state index contributed by atoms with van der Waals surface area (Å²) < 4.78 is 5.86. The van der Waals surface area contributed by atoms with Crippen molar-refractivity contribution in [2.75, 3.05) is 11.6 Å². The number of aryl methyl sites for hydroxylation is 1. The van der Waals surface area contributed by atoms with Gasteiger partial charge in [-0.3, -0.25) is 10.0 Å². The number of nitrogens with one attached hydrogen (secondary N) is 3. The summed E-state index contributed by atoms with van der Waals surface area (Å²) in [6.45, 7) is 2.48. The molecule has 10 nitrogen and oxygen atoms in total. The lowest BCUT2D eigenvalue weighted by Crippen LogP contribution is -2.43. The number of unbranched alkanes of at least 4 members (excludes halogenated alkanes) is 2. The number of halogens is 1. The molecule has 1 saturated carbocycles. The van der Waals surface area contributed by atoms with E-state index in [0.717, 1.165) is 54.9 Å². The van der Waals surface area contributed by atoms with Gasteiger partial charge in [0.25, 0.3) is 0 Å². The van der Waals surface area contributed by atoms with Crippen LogP contribution in [0.2, 0.25) is 0 Å². The van der Waals surface area contributed by atoms with E-state index >= 15 is 0 Å². The van der Waals surface area contributed by atoms with Crippen LogP contribution in [0.1, 0.15) is 63.6 Å². The molecule has 1 aromatic carbocycles. The number of hydrogen-bond acceptors (Lipinski definition) is 8. The number of hydrazine groups is 1. The van der Waals surface area contributed by atoms with Gasteiger partial charge in [0.2, 0.25) is 11.9 Å². The number of anilines is 2. The molecule has 0 aliphatic heterocycles. The summed E-state index contributed by atoms with van der Waals surface area (Å²) >= 11 is 0. The Labute approximate surface area is 211 Å². The normalized spacial score (nSPS) is 13.9. The Morgan fingerprint density at radius 3 is 2.66 bits per heavy atom. The zero-order chi connectivity index (χ0) is 23.8. The van der Waals surface area contributed by atoms with Gasteiger partial charge < -0.3 is 9.72 Å². The number of aromatic amines is 1. The molecular formula is C24H34ClN7O3. The molecule has 2 heterocycles. The molecule has 11 heteroatoms. The second-order valence-corrected chi connectivity index (χ2v) is 8.72. The molecule has 4 N–H and O–H groups in total. The maximum atomic E-state index is 11.0. The van der Waals surface area contributed by atoms with Crippen LogP contribution in [0, 0.1) is 6.92 Å². The van der Waals surface area contributed by atoms with E-state index in [1.165, 1.54) is 19.3 Å². The number of ether oxygens (including phenoxy) is 1. The molecule has 0 radical (unpaired) electrons. The van der Waals surface area contributed by atoms with Gasteiger partial charge in [-0.1, -0.05) is 19.3 Å². The van der Waals surface area contributed by atoms with Crippen molar-refractivity contribution in [1.29, 1.82) is 0 Å². The van der Waals surface area contributed by atoms with Gasteiger partial charge in [0.15, 0.2) is 5.65 Å². The molecule has 3 aromatic rings. The molecule has 4 rings (SSSR count). The number of hydrogen-bond donors (Lipinski definition) is 4. The van der Waals surface area contributed by atoms with Crippen LogP contribution >= 0.6 is 12.4 Å². The number of nitrogens with zero attached hydrogens (tertiary/aromatic N) is 4. The number of carbonyl (C=O) groups excluding carboxylic acids is 1. The zero-order valence-electron chi connectivity index (χ0n) is 20.0. The van der Waals surface area contributed by atoms with Gasteiger partial charge in [-0.25, -0.2) is 25.9 Å². The van der Waals surface area contributed by atoms with Crippen molar-refractivity contribution in [2.24, 2.45) is 0 Å². The first kappa shape index (κ1) is 26.7. The molecular weight excluding hydrogens is 470 g/mol.